The lowest BCUT2D eigenvalue weighted by Crippen LogP contribution is -2.45. The van der Waals surface area contributed by atoms with Gasteiger partial charge in [0.05, 0.1) is 24.9 Å². The zero-order valence-electron chi connectivity index (χ0n) is 14.3. The zero-order chi connectivity index (χ0) is 16.8. The highest BCUT2D eigenvalue weighted by atomic mass is 16.4. The summed E-state index contributed by atoms with van der Waals surface area (Å²) in [5.74, 6) is 2.17. The molecule has 3 N–H and O–H groups in total. The van der Waals surface area contributed by atoms with E-state index in [0.717, 1.165) is 49.8 Å². The second kappa shape index (κ2) is 8.31. The Balaban J connectivity index is 1.66. The highest BCUT2D eigenvalue weighted by molar-refractivity contribution is 5.74. The number of amides is 2. The van der Waals surface area contributed by atoms with E-state index >= 15 is 0 Å². The molecule has 0 aliphatic carbocycles. The number of aryl methyl sites for hydroxylation is 2. The Morgan fingerprint density at radius 2 is 2.13 bits per heavy atom. The maximum absolute atomic E-state index is 11.6. The number of urea groups is 1. The number of aliphatic hydroxyl groups is 1. The van der Waals surface area contributed by atoms with Gasteiger partial charge in [0.25, 0.3) is 0 Å². The summed E-state index contributed by atoms with van der Waals surface area (Å²) in [6.45, 7) is 9.02. The molecule has 1 saturated heterocycles. The Hall–Kier alpha value is -1.60. The van der Waals surface area contributed by atoms with Crippen LogP contribution in [0.3, 0.4) is 0 Å². The average Bonchev–Trinajstić information content (AvgIpc) is 2.84. The third kappa shape index (κ3) is 5.51. The molecule has 2 rings (SSSR count). The summed E-state index contributed by atoms with van der Waals surface area (Å²) >= 11 is 0. The minimum absolute atomic E-state index is 0.0500. The first-order valence-electron chi connectivity index (χ1n) is 8.28. The van der Waals surface area contributed by atoms with Gasteiger partial charge in [0, 0.05) is 6.54 Å². The van der Waals surface area contributed by atoms with Crippen LogP contribution in [0.4, 0.5) is 4.79 Å². The second-order valence-electron chi connectivity index (χ2n) is 6.41. The molecule has 0 saturated carbocycles. The number of nitrogens with one attached hydrogen (secondary N) is 2. The van der Waals surface area contributed by atoms with Crippen molar-refractivity contribution in [1.29, 1.82) is 0 Å². The summed E-state index contributed by atoms with van der Waals surface area (Å²) in [7, 11) is 0. The van der Waals surface area contributed by atoms with E-state index in [4.69, 9.17) is 9.52 Å². The molecule has 2 amide bonds. The Morgan fingerprint density at radius 1 is 1.43 bits per heavy atom. The van der Waals surface area contributed by atoms with Gasteiger partial charge in [-0.3, -0.25) is 4.90 Å². The predicted octanol–water partition coefficient (Wildman–Crippen LogP) is 1.18. The van der Waals surface area contributed by atoms with Gasteiger partial charge in [-0.15, -0.1) is 0 Å². The van der Waals surface area contributed by atoms with Gasteiger partial charge in [-0.25, -0.2) is 9.78 Å². The van der Waals surface area contributed by atoms with Crippen molar-refractivity contribution in [2.24, 2.45) is 5.92 Å². The third-order valence-electron chi connectivity index (χ3n) is 4.34. The third-order valence-corrected chi connectivity index (χ3v) is 4.34. The van der Waals surface area contributed by atoms with Crippen LogP contribution in [-0.2, 0) is 6.54 Å². The molecule has 1 aromatic heterocycles. The molecular weight excluding hydrogens is 296 g/mol. The lowest BCUT2D eigenvalue weighted by Gasteiger charge is -2.31. The van der Waals surface area contributed by atoms with E-state index in [-0.39, 0.29) is 18.7 Å². The molecular formula is C16H28N4O3. The molecule has 23 heavy (non-hydrogen) atoms. The molecule has 7 nitrogen and oxygen atoms in total. The van der Waals surface area contributed by atoms with Gasteiger partial charge in [-0.2, -0.15) is 0 Å². The lowest BCUT2D eigenvalue weighted by atomic mass is 9.97. The molecule has 1 aromatic rings. The van der Waals surface area contributed by atoms with E-state index < -0.39 is 0 Å². The van der Waals surface area contributed by atoms with Crippen LogP contribution in [0, 0.1) is 19.8 Å². The minimum atomic E-state index is -0.218. The van der Waals surface area contributed by atoms with Gasteiger partial charge in [0.2, 0.25) is 5.89 Å². The quantitative estimate of drug-likeness (QED) is 0.731. The molecule has 1 unspecified atom stereocenters. The van der Waals surface area contributed by atoms with Crippen molar-refractivity contribution in [3.8, 4) is 0 Å². The number of oxazole rings is 1. The zero-order valence-corrected chi connectivity index (χ0v) is 14.3. The summed E-state index contributed by atoms with van der Waals surface area (Å²) in [5.41, 5.74) is 0.960. The van der Waals surface area contributed by atoms with Gasteiger partial charge in [-0.05, 0) is 52.6 Å². The number of hydrogen-bond donors (Lipinski definition) is 3. The van der Waals surface area contributed by atoms with Crippen LogP contribution >= 0.6 is 0 Å². The van der Waals surface area contributed by atoms with Gasteiger partial charge in [0.15, 0.2) is 0 Å². The molecule has 0 aromatic carbocycles. The number of likely N-dealkylation sites (tertiary alicyclic amines) is 1. The Bertz CT molecular complexity index is 490. The molecule has 0 radical (unpaired) electrons. The first-order valence-corrected chi connectivity index (χ1v) is 8.28. The van der Waals surface area contributed by atoms with Crippen LogP contribution in [-0.4, -0.2) is 53.3 Å². The van der Waals surface area contributed by atoms with E-state index in [9.17, 15) is 4.79 Å². The van der Waals surface area contributed by atoms with E-state index in [1.54, 1.807) is 6.92 Å². The van der Waals surface area contributed by atoms with Crippen LogP contribution < -0.4 is 10.6 Å². The molecule has 7 heteroatoms. The fourth-order valence-corrected chi connectivity index (χ4v) is 2.70. The number of rotatable bonds is 6. The van der Waals surface area contributed by atoms with Gasteiger partial charge in [0.1, 0.15) is 5.76 Å². The number of carbonyl (C=O) groups is 1. The molecule has 1 aliphatic heterocycles. The van der Waals surface area contributed by atoms with Crippen molar-refractivity contribution in [3.05, 3.63) is 17.3 Å². The second-order valence-corrected chi connectivity index (χ2v) is 6.41. The number of nitrogens with zero attached hydrogens (tertiary/aromatic N) is 2. The van der Waals surface area contributed by atoms with Crippen LogP contribution in [0.25, 0.3) is 0 Å². The molecule has 1 aliphatic rings. The summed E-state index contributed by atoms with van der Waals surface area (Å²) < 4.78 is 5.63. The molecule has 1 fully saturated rings. The number of carbonyl (C=O) groups excluding carboxylic acids is 1. The molecule has 130 valence electrons. The highest BCUT2D eigenvalue weighted by Crippen LogP contribution is 2.19. The number of hydrogen-bond acceptors (Lipinski definition) is 5. The van der Waals surface area contributed by atoms with Crippen LogP contribution in [0.15, 0.2) is 4.42 Å². The first kappa shape index (κ1) is 17.7. The maximum atomic E-state index is 11.6. The monoisotopic (exact) mass is 324 g/mol. The standard InChI is InChI=1S/C16H28N4O3/c1-11(10-21)18-16(22)17-8-14-4-6-20(7-5-14)9-15-19-12(2)13(3)23-15/h11,14,21H,4-10H2,1-3H3,(H2,17,18,22). The van der Waals surface area contributed by atoms with Gasteiger partial charge in [-0.1, -0.05) is 0 Å². The van der Waals surface area contributed by atoms with E-state index in [0.29, 0.717) is 12.5 Å². The summed E-state index contributed by atoms with van der Waals surface area (Å²) in [5, 5.41) is 14.5. The largest absolute Gasteiger partial charge is 0.444 e. The van der Waals surface area contributed by atoms with Crippen LogP contribution in [0.2, 0.25) is 0 Å². The van der Waals surface area contributed by atoms with Gasteiger partial charge < -0.3 is 20.2 Å². The number of aromatic nitrogens is 1. The fraction of sp³-hybridized carbons (Fsp3) is 0.750. The van der Waals surface area contributed by atoms with Crippen molar-refractivity contribution in [2.75, 3.05) is 26.2 Å². The molecule has 0 bridgehead atoms. The van der Waals surface area contributed by atoms with Gasteiger partial charge >= 0.3 is 6.03 Å². The van der Waals surface area contributed by atoms with Crippen molar-refractivity contribution < 1.29 is 14.3 Å². The lowest BCUT2D eigenvalue weighted by molar-refractivity contribution is 0.161. The fourth-order valence-electron chi connectivity index (χ4n) is 2.70. The van der Waals surface area contributed by atoms with E-state index in [1.807, 2.05) is 13.8 Å². The smallest absolute Gasteiger partial charge is 0.315 e. The molecule has 1 atom stereocenters. The van der Waals surface area contributed by atoms with E-state index in [1.165, 1.54) is 0 Å². The van der Waals surface area contributed by atoms with Crippen molar-refractivity contribution in [1.82, 2.24) is 20.5 Å². The number of aliphatic hydroxyl groups excluding tert-OH is 1. The Morgan fingerprint density at radius 3 is 2.70 bits per heavy atom. The van der Waals surface area contributed by atoms with Crippen molar-refractivity contribution in [2.45, 2.75) is 46.2 Å². The highest BCUT2D eigenvalue weighted by Gasteiger charge is 2.21. The molecule has 0 spiro atoms. The van der Waals surface area contributed by atoms with Crippen LogP contribution in [0.1, 0.15) is 37.1 Å². The van der Waals surface area contributed by atoms with Crippen LogP contribution in [0.5, 0.6) is 0 Å². The molecule has 2 heterocycles. The summed E-state index contributed by atoms with van der Waals surface area (Å²) in [6.07, 6.45) is 2.10. The first-order chi connectivity index (χ1) is 11.0. The summed E-state index contributed by atoms with van der Waals surface area (Å²) in [6, 6.07) is -0.427. The Kier molecular flexibility index (Phi) is 6.41. The SMILES string of the molecule is Cc1nc(CN2CCC(CNC(=O)NC(C)CO)CC2)oc1C. The van der Waals surface area contributed by atoms with Crippen molar-refractivity contribution >= 4 is 6.03 Å². The predicted molar refractivity (Wildman–Crippen MR) is 87.1 cm³/mol. The Labute approximate surface area is 137 Å². The summed E-state index contributed by atoms with van der Waals surface area (Å²) in [4.78, 5) is 18.4. The topological polar surface area (TPSA) is 90.6 Å². The number of piperidine rings is 1. The van der Waals surface area contributed by atoms with E-state index in [2.05, 4.69) is 20.5 Å². The minimum Gasteiger partial charge on any atom is -0.444 e. The average molecular weight is 324 g/mol. The normalized spacial score (nSPS) is 17.9. The maximum Gasteiger partial charge on any atom is 0.315 e. The van der Waals surface area contributed by atoms with Crippen molar-refractivity contribution in [3.63, 3.8) is 0 Å².